The second-order valence-electron chi connectivity index (χ2n) is 12.0. The number of nitrogens with zero attached hydrogens (tertiary/aromatic N) is 2. The van der Waals surface area contributed by atoms with Gasteiger partial charge in [0.25, 0.3) is 5.91 Å². The molecule has 6 rings (SSSR count). The molecule has 0 spiro atoms. The summed E-state index contributed by atoms with van der Waals surface area (Å²) in [7, 11) is 1.63. The van der Waals surface area contributed by atoms with Crippen LogP contribution < -0.4 is 14.8 Å². The number of amides is 1. The highest BCUT2D eigenvalue weighted by Crippen LogP contribution is 2.30. The minimum Gasteiger partial charge on any atom is -0.497 e. The molecule has 0 radical (unpaired) electrons. The lowest BCUT2D eigenvalue weighted by Crippen LogP contribution is -2.52. The molecule has 3 atom stereocenters. The van der Waals surface area contributed by atoms with Gasteiger partial charge < -0.3 is 34.2 Å². The van der Waals surface area contributed by atoms with Gasteiger partial charge in [-0.3, -0.25) is 9.69 Å². The summed E-state index contributed by atoms with van der Waals surface area (Å²) in [5.74, 6) is 1.71. The second kappa shape index (κ2) is 12.4. The van der Waals surface area contributed by atoms with Crippen molar-refractivity contribution in [3.05, 3.63) is 60.0 Å². The van der Waals surface area contributed by atoms with Crippen LogP contribution in [0.15, 0.2) is 53.1 Å². The van der Waals surface area contributed by atoms with Crippen LogP contribution in [-0.2, 0) is 6.61 Å². The number of furan rings is 1. The van der Waals surface area contributed by atoms with E-state index in [0.717, 1.165) is 85.2 Å². The Bertz CT molecular complexity index is 1520. The highest BCUT2D eigenvalue weighted by Gasteiger charge is 2.29. The first-order valence-corrected chi connectivity index (χ1v) is 15.1. The molecule has 2 aliphatic rings. The molecule has 2 aromatic heterocycles. The summed E-state index contributed by atoms with van der Waals surface area (Å²) in [5.41, 5.74) is 3.11. The molecule has 3 N–H and O–H groups in total. The Morgan fingerprint density at radius 1 is 1.14 bits per heavy atom. The molecule has 4 heterocycles. The van der Waals surface area contributed by atoms with Crippen LogP contribution in [0.3, 0.4) is 0 Å². The molecule has 9 nitrogen and oxygen atoms in total. The van der Waals surface area contributed by atoms with Gasteiger partial charge in [-0.1, -0.05) is 13.0 Å². The Hall–Kier alpha value is -3.53. The van der Waals surface area contributed by atoms with Crippen LogP contribution in [0.4, 0.5) is 0 Å². The highest BCUT2D eigenvalue weighted by molar-refractivity contribution is 5.99. The number of fused-ring (bicyclic) bond motifs is 2. The number of nitrogens with one attached hydrogen (secondary N) is 2. The zero-order valence-electron chi connectivity index (χ0n) is 24.8. The smallest absolute Gasteiger partial charge is 0.267 e. The first-order valence-electron chi connectivity index (χ1n) is 15.1. The predicted molar refractivity (Wildman–Crippen MR) is 163 cm³/mol. The number of carbonyl (C=O) groups is 1. The van der Waals surface area contributed by atoms with Crippen molar-refractivity contribution in [2.75, 3.05) is 39.8 Å². The minimum atomic E-state index is -0.169. The fraction of sp³-hybridized carbons (Fsp3) is 0.485. The molecular weight excluding hydrogens is 532 g/mol. The highest BCUT2D eigenvalue weighted by atomic mass is 16.5. The van der Waals surface area contributed by atoms with Gasteiger partial charge in [0.1, 0.15) is 29.4 Å². The van der Waals surface area contributed by atoms with Gasteiger partial charge in [0, 0.05) is 72.7 Å². The van der Waals surface area contributed by atoms with Crippen LogP contribution in [-0.4, -0.2) is 83.8 Å². The van der Waals surface area contributed by atoms with Crippen molar-refractivity contribution in [3.8, 4) is 11.5 Å². The number of methoxy groups -OCH3 is 1. The molecule has 0 saturated carbocycles. The lowest BCUT2D eigenvalue weighted by Gasteiger charge is -2.41. The number of H-pyrrole nitrogens is 1. The monoisotopic (exact) mass is 574 g/mol. The number of rotatable bonds is 9. The van der Waals surface area contributed by atoms with E-state index >= 15 is 0 Å². The lowest BCUT2D eigenvalue weighted by molar-refractivity contribution is 0.0115. The van der Waals surface area contributed by atoms with Gasteiger partial charge in [-0.25, -0.2) is 0 Å². The Kier molecular flexibility index (Phi) is 8.42. The van der Waals surface area contributed by atoms with Gasteiger partial charge in [-0.15, -0.1) is 0 Å². The van der Waals surface area contributed by atoms with E-state index in [-0.39, 0.29) is 18.1 Å². The van der Waals surface area contributed by atoms with Gasteiger partial charge in [0.05, 0.1) is 19.5 Å². The number of ether oxygens (including phenoxy) is 2. The summed E-state index contributed by atoms with van der Waals surface area (Å²) >= 11 is 0. The number of hydrogen-bond acceptors (Lipinski definition) is 7. The van der Waals surface area contributed by atoms with Crippen LogP contribution in [0, 0.1) is 5.92 Å². The molecule has 2 aliphatic heterocycles. The van der Waals surface area contributed by atoms with Crippen molar-refractivity contribution in [2.45, 2.75) is 57.9 Å². The van der Waals surface area contributed by atoms with Crippen LogP contribution >= 0.6 is 0 Å². The van der Waals surface area contributed by atoms with Gasteiger partial charge in [-0.2, -0.15) is 0 Å². The molecule has 0 bridgehead atoms. The van der Waals surface area contributed by atoms with Crippen molar-refractivity contribution in [3.63, 3.8) is 0 Å². The molecule has 2 fully saturated rings. The largest absolute Gasteiger partial charge is 0.497 e. The van der Waals surface area contributed by atoms with E-state index < -0.39 is 0 Å². The van der Waals surface area contributed by atoms with Crippen LogP contribution in [0.25, 0.3) is 21.9 Å². The Balaban J connectivity index is 1.03. The summed E-state index contributed by atoms with van der Waals surface area (Å²) in [5, 5.41) is 15.2. The molecular formula is C33H42N4O5. The molecule has 2 saturated heterocycles. The number of aromatic nitrogens is 1. The fourth-order valence-corrected chi connectivity index (χ4v) is 6.41. The normalized spacial score (nSPS) is 21.5. The molecule has 0 unspecified atom stereocenters. The average Bonchev–Trinajstić information content (AvgIpc) is 3.63. The third-order valence-electron chi connectivity index (χ3n) is 9.07. The standard InChI is InChI=1S/C33H42N4O5/c1-21-17-37(14-11-30(21)38)22(2)18-36-12-9-24(10-13-36)34-33(39)29-16-27-28(35-29)5-4-6-31(27)41-19-23-20-42-32-15-25(40-3)7-8-26(23)32/h4-8,15-16,20-22,24,30,35,38H,9-14,17-19H2,1-3H3,(H,34,39)/t21-,22-,30-/m0/s1. The average molecular weight is 575 g/mol. The van der Waals surface area contributed by atoms with E-state index in [1.807, 2.05) is 42.5 Å². The van der Waals surface area contributed by atoms with Crippen molar-refractivity contribution < 1.29 is 23.8 Å². The summed E-state index contributed by atoms with van der Waals surface area (Å²) in [6.45, 7) is 9.68. The first kappa shape index (κ1) is 28.6. The lowest BCUT2D eigenvalue weighted by atomic mass is 9.95. The van der Waals surface area contributed by atoms with Gasteiger partial charge in [-0.05, 0) is 62.4 Å². The van der Waals surface area contributed by atoms with Crippen molar-refractivity contribution in [1.82, 2.24) is 20.1 Å². The van der Waals surface area contributed by atoms with E-state index in [9.17, 15) is 9.90 Å². The Morgan fingerprint density at radius 3 is 2.76 bits per heavy atom. The number of aromatic amines is 1. The Morgan fingerprint density at radius 2 is 1.98 bits per heavy atom. The summed E-state index contributed by atoms with van der Waals surface area (Å²) in [4.78, 5) is 21.5. The van der Waals surface area contributed by atoms with Gasteiger partial charge >= 0.3 is 0 Å². The SMILES string of the molecule is COc1ccc2c(COc3cccc4[nH]c(C(=O)NC5CCN(C[C@H](C)N6CC[C@H](O)[C@@H](C)C6)CC5)cc34)coc2c1. The van der Waals surface area contributed by atoms with E-state index in [1.165, 1.54) is 0 Å². The quantitative estimate of drug-likeness (QED) is 0.264. The summed E-state index contributed by atoms with van der Waals surface area (Å²) in [6, 6.07) is 14.1. The molecule has 4 aromatic rings. The van der Waals surface area contributed by atoms with Crippen LogP contribution in [0.5, 0.6) is 11.5 Å². The third kappa shape index (κ3) is 6.14. The topological polar surface area (TPSA) is 103 Å². The number of carbonyl (C=O) groups excluding carboxylic acids is 1. The molecule has 224 valence electrons. The van der Waals surface area contributed by atoms with E-state index in [4.69, 9.17) is 13.9 Å². The maximum atomic E-state index is 13.2. The predicted octanol–water partition coefficient (Wildman–Crippen LogP) is 4.79. The fourth-order valence-electron chi connectivity index (χ4n) is 6.41. The minimum absolute atomic E-state index is 0.0837. The van der Waals surface area contributed by atoms with E-state index in [0.29, 0.717) is 30.0 Å². The first-order chi connectivity index (χ1) is 20.4. The van der Waals surface area contributed by atoms with Crippen LogP contribution in [0.2, 0.25) is 0 Å². The second-order valence-corrected chi connectivity index (χ2v) is 12.0. The number of hydrogen-bond donors (Lipinski definition) is 3. The van der Waals surface area contributed by atoms with Crippen LogP contribution in [0.1, 0.15) is 49.2 Å². The molecule has 1 amide bonds. The van der Waals surface area contributed by atoms with Crippen molar-refractivity contribution >= 4 is 27.8 Å². The van der Waals surface area contributed by atoms with Crippen molar-refractivity contribution in [1.29, 1.82) is 0 Å². The summed E-state index contributed by atoms with van der Waals surface area (Å²) in [6.07, 6.45) is 4.28. The number of aliphatic hydroxyl groups excluding tert-OH is 1. The van der Waals surface area contributed by atoms with E-state index in [1.54, 1.807) is 13.4 Å². The molecule has 0 aliphatic carbocycles. The number of benzene rings is 2. The third-order valence-corrected chi connectivity index (χ3v) is 9.07. The molecule has 42 heavy (non-hydrogen) atoms. The maximum Gasteiger partial charge on any atom is 0.267 e. The van der Waals surface area contributed by atoms with Crippen molar-refractivity contribution in [2.24, 2.45) is 5.92 Å². The van der Waals surface area contributed by atoms with Gasteiger partial charge in [0.2, 0.25) is 0 Å². The Labute approximate surface area is 246 Å². The number of piperidine rings is 2. The van der Waals surface area contributed by atoms with E-state index in [2.05, 4.69) is 33.9 Å². The van der Waals surface area contributed by atoms with Gasteiger partial charge in [0.15, 0.2) is 0 Å². The zero-order chi connectivity index (χ0) is 29.2. The summed E-state index contributed by atoms with van der Waals surface area (Å²) < 4.78 is 17.2. The number of aliphatic hydroxyl groups is 1. The number of likely N-dealkylation sites (tertiary alicyclic amines) is 2. The molecule has 2 aromatic carbocycles. The zero-order valence-corrected chi connectivity index (χ0v) is 24.8. The molecule has 9 heteroatoms. The maximum absolute atomic E-state index is 13.2.